The van der Waals surface area contributed by atoms with E-state index in [1.54, 1.807) is 30.3 Å². The van der Waals surface area contributed by atoms with Gasteiger partial charge in [0.25, 0.3) is 0 Å². The minimum atomic E-state index is -0.527. The van der Waals surface area contributed by atoms with Crippen LogP contribution in [0.2, 0.25) is 5.02 Å². The largest absolute Gasteiger partial charge is 0.463 e. The van der Waals surface area contributed by atoms with Gasteiger partial charge in [0.2, 0.25) is 5.91 Å². The summed E-state index contributed by atoms with van der Waals surface area (Å²) in [4.78, 5) is 37.8. The third kappa shape index (κ3) is 4.26. The fourth-order valence-electron chi connectivity index (χ4n) is 3.96. The Morgan fingerprint density at radius 1 is 1.18 bits per heavy atom. The van der Waals surface area contributed by atoms with E-state index in [1.165, 1.54) is 28.6 Å². The van der Waals surface area contributed by atoms with Crippen molar-refractivity contribution in [3.63, 3.8) is 0 Å². The smallest absolute Gasteiger partial charge is 0.349 e. The number of anilines is 2. The second-order valence-corrected chi connectivity index (χ2v) is 9.33. The molecule has 10 heteroatoms. The molecule has 1 N–H and O–H groups in total. The van der Waals surface area contributed by atoms with Gasteiger partial charge in [0.15, 0.2) is 10.9 Å². The summed E-state index contributed by atoms with van der Waals surface area (Å²) in [6.45, 7) is 3.48. The number of rotatable bonds is 5. The SMILES string of the molecule is Cc1c(Cl)cccc1NC(=O)Cn1c(=O)nc(-c2ccco2)c2nc(N3CCCCC3)sc21. The highest BCUT2D eigenvalue weighted by Gasteiger charge is 2.23. The van der Waals surface area contributed by atoms with Crippen LogP contribution in [0.25, 0.3) is 21.8 Å². The molecule has 1 aromatic carbocycles. The van der Waals surface area contributed by atoms with E-state index in [4.69, 9.17) is 21.0 Å². The molecule has 33 heavy (non-hydrogen) atoms. The van der Waals surface area contributed by atoms with Gasteiger partial charge in [-0.2, -0.15) is 4.98 Å². The van der Waals surface area contributed by atoms with E-state index in [1.807, 2.05) is 6.92 Å². The maximum Gasteiger partial charge on any atom is 0.349 e. The molecule has 1 saturated heterocycles. The molecule has 5 rings (SSSR count). The number of piperidine rings is 1. The summed E-state index contributed by atoms with van der Waals surface area (Å²) in [5.41, 5.74) is 1.79. The number of carbonyl (C=O) groups is 1. The lowest BCUT2D eigenvalue weighted by atomic mass is 10.1. The van der Waals surface area contributed by atoms with Crippen LogP contribution in [0.3, 0.4) is 0 Å². The van der Waals surface area contributed by atoms with Crippen LogP contribution in [0.4, 0.5) is 10.8 Å². The van der Waals surface area contributed by atoms with Crippen molar-refractivity contribution >= 4 is 50.0 Å². The summed E-state index contributed by atoms with van der Waals surface area (Å²) in [5.74, 6) is 0.128. The summed E-state index contributed by atoms with van der Waals surface area (Å²) in [6, 6.07) is 8.80. The van der Waals surface area contributed by atoms with Gasteiger partial charge in [0.1, 0.15) is 22.6 Å². The Balaban J connectivity index is 1.55. The molecule has 3 aromatic heterocycles. The van der Waals surface area contributed by atoms with Crippen LogP contribution >= 0.6 is 22.9 Å². The molecule has 1 amide bonds. The Bertz CT molecular complexity index is 1370. The lowest BCUT2D eigenvalue weighted by Crippen LogP contribution is -2.29. The van der Waals surface area contributed by atoms with Crippen LogP contribution in [0.15, 0.2) is 45.8 Å². The highest BCUT2D eigenvalue weighted by Crippen LogP contribution is 2.34. The number of furan rings is 1. The molecular weight excluding hydrogens is 462 g/mol. The number of nitrogens with one attached hydrogen (secondary N) is 1. The number of fused-ring (bicyclic) bond motifs is 1. The zero-order valence-electron chi connectivity index (χ0n) is 18.0. The van der Waals surface area contributed by atoms with Crippen molar-refractivity contribution in [2.45, 2.75) is 32.7 Å². The standard InChI is InChI=1S/C23H22ClN5O3S/c1-14-15(24)7-5-8-16(14)25-18(30)13-29-21-20(19(26-22(29)31)17-9-6-12-32-17)27-23(33-21)28-10-3-2-4-11-28/h5-9,12H,2-4,10-11,13H2,1H3,(H,25,30). The molecule has 8 nitrogen and oxygen atoms in total. The van der Waals surface area contributed by atoms with Crippen LogP contribution in [0.5, 0.6) is 0 Å². The zero-order valence-corrected chi connectivity index (χ0v) is 19.6. The first-order valence-electron chi connectivity index (χ1n) is 10.8. The van der Waals surface area contributed by atoms with Crippen molar-refractivity contribution < 1.29 is 9.21 Å². The average molecular weight is 484 g/mol. The van der Waals surface area contributed by atoms with E-state index in [2.05, 4.69) is 15.2 Å². The number of halogens is 1. The molecule has 0 aliphatic carbocycles. The van der Waals surface area contributed by atoms with Crippen LogP contribution in [-0.2, 0) is 11.3 Å². The number of hydrogen-bond donors (Lipinski definition) is 1. The number of amides is 1. The molecule has 170 valence electrons. The van der Waals surface area contributed by atoms with Crippen molar-refractivity contribution in [2.75, 3.05) is 23.3 Å². The molecule has 1 aliphatic rings. The van der Waals surface area contributed by atoms with Crippen LogP contribution in [0.1, 0.15) is 24.8 Å². The Morgan fingerprint density at radius 2 is 2.00 bits per heavy atom. The maximum absolute atomic E-state index is 13.0. The average Bonchev–Trinajstić information content (AvgIpc) is 3.50. The Labute approximate surface area is 198 Å². The summed E-state index contributed by atoms with van der Waals surface area (Å²) in [6.07, 6.45) is 4.95. The van der Waals surface area contributed by atoms with Crippen molar-refractivity contribution in [3.8, 4) is 11.5 Å². The highest BCUT2D eigenvalue weighted by molar-refractivity contribution is 7.22. The van der Waals surface area contributed by atoms with Crippen molar-refractivity contribution in [2.24, 2.45) is 0 Å². The van der Waals surface area contributed by atoms with Gasteiger partial charge in [0.05, 0.1) is 6.26 Å². The summed E-state index contributed by atoms with van der Waals surface area (Å²) in [5, 5.41) is 4.23. The first kappa shape index (κ1) is 21.7. The third-order valence-corrected chi connectivity index (χ3v) is 7.28. The summed E-state index contributed by atoms with van der Waals surface area (Å²) >= 11 is 7.57. The maximum atomic E-state index is 13.0. The molecule has 0 saturated carbocycles. The van der Waals surface area contributed by atoms with E-state index < -0.39 is 5.69 Å². The van der Waals surface area contributed by atoms with E-state index in [9.17, 15) is 9.59 Å². The Hall–Kier alpha value is -3.17. The molecular formula is C23H22ClN5O3S. The highest BCUT2D eigenvalue weighted by atomic mass is 35.5. The van der Waals surface area contributed by atoms with Gasteiger partial charge in [-0.3, -0.25) is 9.36 Å². The minimum Gasteiger partial charge on any atom is -0.463 e. The van der Waals surface area contributed by atoms with Crippen molar-refractivity contribution in [1.82, 2.24) is 14.5 Å². The van der Waals surface area contributed by atoms with E-state index in [-0.39, 0.29) is 12.5 Å². The van der Waals surface area contributed by atoms with Crippen molar-refractivity contribution in [1.29, 1.82) is 0 Å². The molecule has 4 aromatic rings. The summed E-state index contributed by atoms with van der Waals surface area (Å²) in [7, 11) is 0. The topological polar surface area (TPSA) is 93.3 Å². The number of hydrogen-bond acceptors (Lipinski definition) is 7. The predicted octanol–water partition coefficient (Wildman–Crippen LogP) is 4.70. The molecule has 1 aliphatic heterocycles. The van der Waals surface area contributed by atoms with Gasteiger partial charge >= 0.3 is 5.69 Å². The predicted molar refractivity (Wildman–Crippen MR) is 130 cm³/mol. The lowest BCUT2D eigenvalue weighted by molar-refractivity contribution is -0.116. The second kappa shape index (κ2) is 8.99. The first-order chi connectivity index (χ1) is 16.0. The van der Waals surface area contributed by atoms with Crippen LogP contribution in [0, 0.1) is 6.92 Å². The Kier molecular flexibility index (Phi) is 5.90. The normalized spacial score (nSPS) is 14.1. The number of aromatic nitrogens is 3. The van der Waals surface area contributed by atoms with Gasteiger partial charge in [0, 0.05) is 23.8 Å². The number of carbonyl (C=O) groups excluding carboxylic acids is 1. The molecule has 0 bridgehead atoms. The summed E-state index contributed by atoms with van der Waals surface area (Å²) < 4.78 is 6.89. The van der Waals surface area contributed by atoms with Gasteiger partial charge in [-0.25, -0.2) is 9.78 Å². The van der Waals surface area contributed by atoms with Gasteiger partial charge in [-0.15, -0.1) is 0 Å². The Morgan fingerprint density at radius 3 is 2.76 bits per heavy atom. The van der Waals surface area contributed by atoms with Gasteiger partial charge in [-0.1, -0.05) is 29.0 Å². The quantitative estimate of drug-likeness (QED) is 0.442. The van der Waals surface area contributed by atoms with Crippen LogP contribution < -0.4 is 15.9 Å². The molecule has 1 fully saturated rings. The molecule has 4 heterocycles. The van der Waals surface area contributed by atoms with Crippen molar-refractivity contribution in [3.05, 3.63) is 57.7 Å². The lowest BCUT2D eigenvalue weighted by Gasteiger charge is -2.25. The van der Waals surface area contributed by atoms with Crippen LogP contribution in [-0.4, -0.2) is 33.5 Å². The minimum absolute atomic E-state index is 0.186. The number of thiazole rings is 1. The molecule has 0 radical (unpaired) electrons. The number of nitrogens with zero attached hydrogens (tertiary/aromatic N) is 4. The van der Waals surface area contributed by atoms with Gasteiger partial charge < -0.3 is 14.6 Å². The van der Waals surface area contributed by atoms with E-state index >= 15 is 0 Å². The monoisotopic (exact) mass is 483 g/mol. The molecule has 0 unspecified atom stereocenters. The molecule has 0 atom stereocenters. The zero-order chi connectivity index (χ0) is 22.9. The van der Waals surface area contributed by atoms with E-state index in [0.717, 1.165) is 36.6 Å². The fourth-order valence-corrected chi connectivity index (χ4v) is 5.24. The fraction of sp³-hybridized carbons (Fsp3) is 0.304. The van der Waals surface area contributed by atoms with E-state index in [0.29, 0.717) is 32.5 Å². The number of benzene rings is 1. The van der Waals surface area contributed by atoms with Gasteiger partial charge in [-0.05, 0) is 56.0 Å². The first-order valence-corrected chi connectivity index (χ1v) is 12.0. The third-order valence-electron chi connectivity index (χ3n) is 5.73. The second-order valence-electron chi connectivity index (χ2n) is 7.96. The molecule has 0 spiro atoms.